The van der Waals surface area contributed by atoms with Gasteiger partial charge in [-0.3, -0.25) is 9.59 Å². The highest BCUT2D eigenvalue weighted by Gasteiger charge is 2.25. The van der Waals surface area contributed by atoms with Gasteiger partial charge >= 0.3 is 11.9 Å². The third-order valence-corrected chi connectivity index (χ3v) is 6.84. The lowest BCUT2D eigenvalue weighted by Crippen LogP contribution is -2.15. The maximum Gasteiger partial charge on any atom is 0.323 e. The van der Waals surface area contributed by atoms with Crippen LogP contribution in [0.25, 0.3) is 0 Å². The van der Waals surface area contributed by atoms with Crippen LogP contribution in [0.4, 0.5) is 0 Å². The van der Waals surface area contributed by atoms with Crippen LogP contribution in [0.15, 0.2) is 24.3 Å². The third-order valence-electron chi connectivity index (χ3n) is 5.53. The summed E-state index contributed by atoms with van der Waals surface area (Å²) in [5.41, 5.74) is 2.22. The Hall–Kier alpha value is -1.49. The fourth-order valence-corrected chi connectivity index (χ4v) is 4.93. The molecule has 0 radical (unpaired) electrons. The molecule has 170 valence electrons. The summed E-state index contributed by atoms with van der Waals surface area (Å²) in [5, 5.41) is 8.44. The van der Waals surface area contributed by atoms with E-state index in [2.05, 4.69) is 19.9 Å². The van der Waals surface area contributed by atoms with Crippen molar-refractivity contribution in [3.8, 4) is 0 Å². The summed E-state index contributed by atoms with van der Waals surface area (Å²) in [6.07, 6.45) is 12.3. The molecular weight excluding hydrogens is 396 g/mol. The lowest BCUT2D eigenvalue weighted by atomic mass is 9.89. The maximum atomic E-state index is 12.5. The van der Waals surface area contributed by atoms with E-state index < -0.39 is 11.2 Å². The molecule has 30 heavy (non-hydrogen) atoms. The number of hydrogen-bond donors (Lipinski definition) is 1. The van der Waals surface area contributed by atoms with Gasteiger partial charge in [-0.2, -0.15) is 0 Å². The van der Waals surface area contributed by atoms with Crippen LogP contribution in [0.3, 0.4) is 0 Å². The molecule has 1 aromatic rings. The van der Waals surface area contributed by atoms with Crippen molar-refractivity contribution in [1.82, 2.24) is 0 Å². The molecule has 0 spiro atoms. The lowest BCUT2D eigenvalue weighted by Gasteiger charge is -2.22. The van der Waals surface area contributed by atoms with Crippen molar-refractivity contribution < 1.29 is 19.4 Å². The molecule has 1 aromatic carbocycles. The van der Waals surface area contributed by atoms with Crippen molar-refractivity contribution in [2.75, 3.05) is 12.9 Å². The molecule has 0 aromatic heterocycles. The van der Waals surface area contributed by atoms with Crippen LogP contribution in [0.1, 0.15) is 107 Å². The smallest absolute Gasteiger partial charge is 0.323 e. The summed E-state index contributed by atoms with van der Waals surface area (Å²) in [7, 11) is 1.42. The quantitative estimate of drug-likeness (QED) is 0.208. The van der Waals surface area contributed by atoms with Gasteiger partial charge in [-0.25, -0.2) is 0 Å². The Balaban J connectivity index is 2.63. The van der Waals surface area contributed by atoms with Gasteiger partial charge in [0.25, 0.3) is 0 Å². The van der Waals surface area contributed by atoms with E-state index in [9.17, 15) is 9.59 Å². The second-order valence-electron chi connectivity index (χ2n) is 8.06. The minimum absolute atomic E-state index is 0.122. The fraction of sp³-hybridized carbons (Fsp3) is 0.680. The summed E-state index contributed by atoms with van der Waals surface area (Å²) in [4.78, 5) is 23.2. The number of aliphatic carboxylic acids is 1. The highest BCUT2D eigenvalue weighted by molar-refractivity contribution is 8.00. The molecule has 0 aliphatic heterocycles. The standard InChI is InChI=1S/C25H40O4S/c1-4-5-6-7-8-9-10-11-15-20(2)21-16-12-13-17-22(21)24(25(28)29-3)30-19-14-18-23(26)27/h12-13,16-17,20,24H,4-11,14-15,18-19H2,1-3H3,(H,26,27). The molecule has 0 fully saturated rings. The van der Waals surface area contributed by atoms with Gasteiger partial charge < -0.3 is 9.84 Å². The lowest BCUT2D eigenvalue weighted by molar-refractivity contribution is -0.140. The van der Waals surface area contributed by atoms with Gasteiger partial charge in [-0.15, -0.1) is 11.8 Å². The van der Waals surface area contributed by atoms with Crippen LogP contribution in [0.2, 0.25) is 0 Å². The predicted molar refractivity (Wildman–Crippen MR) is 126 cm³/mol. The Morgan fingerprint density at radius 1 is 0.967 bits per heavy atom. The summed E-state index contributed by atoms with van der Waals surface area (Å²) in [6.45, 7) is 4.49. The van der Waals surface area contributed by atoms with E-state index in [1.807, 2.05) is 18.2 Å². The number of carbonyl (C=O) groups excluding carboxylic acids is 1. The first-order valence-corrected chi connectivity index (χ1v) is 12.6. The molecule has 0 heterocycles. The van der Waals surface area contributed by atoms with Gasteiger partial charge in [0.2, 0.25) is 0 Å². The maximum absolute atomic E-state index is 12.5. The fourth-order valence-electron chi connectivity index (χ4n) is 3.75. The number of benzene rings is 1. The number of carboxylic acids is 1. The highest BCUT2D eigenvalue weighted by Crippen LogP contribution is 2.37. The number of rotatable bonds is 17. The number of hydrogen-bond acceptors (Lipinski definition) is 4. The first-order valence-electron chi connectivity index (χ1n) is 11.5. The molecule has 2 atom stereocenters. The van der Waals surface area contributed by atoms with Crippen LogP contribution in [-0.2, 0) is 14.3 Å². The molecule has 5 heteroatoms. The Labute approximate surface area is 187 Å². The number of methoxy groups -OCH3 is 1. The number of ether oxygens (including phenoxy) is 1. The summed E-state index contributed by atoms with van der Waals surface area (Å²) < 4.78 is 5.06. The van der Waals surface area contributed by atoms with E-state index in [4.69, 9.17) is 9.84 Å². The van der Waals surface area contributed by atoms with Crippen molar-refractivity contribution >= 4 is 23.7 Å². The minimum Gasteiger partial charge on any atom is -0.481 e. The minimum atomic E-state index is -0.801. The number of carboxylic acid groups (broad SMARTS) is 1. The normalized spacial score (nSPS) is 13.0. The molecule has 0 saturated carbocycles. The zero-order valence-electron chi connectivity index (χ0n) is 19.0. The molecule has 0 saturated heterocycles. The predicted octanol–water partition coefficient (Wildman–Crippen LogP) is 7.13. The average molecular weight is 437 g/mol. The van der Waals surface area contributed by atoms with E-state index in [-0.39, 0.29) is 12.4 Å². The Bertz CT molecular complexity index is 617. The summed E-state index contributed by atoms with van der Waals surface area (Å²) in [6, 6.07) is 8.14. The first-order chi connectivity index (χ1) is 14.5. The molecule has 0 bridgehead atoms. The van der Waals surface area contributed by atoms with E-state index in [1.54, 1.807) is 0 Å². The number of thioether (sulfide) groups is 1. The van der Waals surface area contributed by atoms with Gasteiger partial charge in [0, 0.05) is 6.42 Å². The molecule has 1 N–H and O–H groups in total. The Morgan fingerprint density at radius 3 is 2.17 bits per heavy atom. The van der Waals surface area contributed by atoms with Gasteiger partial charge in [0.1, 0.15) is 5.25 Å². The number of unbranched alkanes of at least 4 members (excludes halogenated alkanes) is 7. The monoisotopic (exact) mass is 436 g/mol. The number of esters is 1. The molecule has 2 unspecified atom stereocenters. The van der Waals surface area contributed by atoms with Gasteiger partial charge in [0.05, 0.1) is 7.11 Å². The van der Waals surface area contributed by atoms with E-state index in [0.717, 1.165) is 12.0 Å². The summed E-state index contributed by atoms with van der Waals surface area (Å²) in [5.74, 6) is -0.0629. The highest BCUT2D eigenvalue weighted by atomic mass is 32.2. The van der Waals surface area contributed by atoms with Crippen molar-refractivity contribution in [2.24, 2.45) is 0 Å². The zero-order valence-corrected chi connectivity index (χ0v) is 19.8. The Morgan fingerprint density at radius 2 is 1.57 bits per heavy atom. The largest absolute Gasteiger partial charge is 0.481 e. The molecular formula is C25H40O4S. The van der Waals surface area contributed by atoms with E-state index >= 15 is 0 Å². The molecule has 0 amide bonds. The molecule has 4 nitrogen and oxygen atoms in total. The second kappa shape index (κ2) is 16.2. The van der Waals surface area contributed by atoms with Crippen LogP contribution < -0.4 is 0 Å². The topological polar surface area (TPSA) is 63.6 Å². The van der Waals surface area contributed by atoms with Crippen LogP contribution in [0.5, 0.6) is 0 Å². The van der Waals surface area contributed by atoms with Crippen LogP contribution >= 0.6 is 11.8 Å². The van der Waals surface area contributed by atoms with Gasteiger partial charge in [0.15, 0.2) is 0 Å². The molecule has 0 aliphatic carbocycles. The van der Waals surface area contributed by atoms with E-state index in [1.165, 1.54) is 75.8 Å². The van der Waals surface area contributed by atoms with Crippen molar-refractivity contribution in [2.45, 2.75) is 95.6 Å². The Kier molecular flexibility index (Phi) is 14.4. The van der Waals surface area contributed by atoms with Crippen molar-refractivity contribution in [3.63, 3.8) is 0 Å². The van der Waals surface area contributed by atoms with Crippen LogP contribution in [0, 0.1) is 0 Å². The molecule has 1 rings (SSSR count). The third kappa shape index (κ3) is 10.5. The first kappa shape index (κ1) is 26.5. The zero-order chi connectivity index (χ0) is 22.2. The SMILES string of the molecule is CCCCCCCCCCC(C)c1ccccc1C(SCCCC(=O)O)C(=O)OC. The number of carbonyl (C=O) groups is 2. The van der Waals surface area contributed by atoms with Crippen molar-refractivity contribution in [1.29, 1.82) is 0 Å². The van der Waals surface area contributed by atoms with E-state index in [0.29, 0.717) is 18.1 Å². The summed E-state index contributed by atoms with van der Waals surface area (Å²) >= 11 is 1.48. The average Bonchev–Trinajstić information content (AvgIpc) is 2.75. The van der Waals surface area contributed by atoms with Crippen molar-refractivity contribution in [3.05, 3.63) is 35.4 Å². The van der Waals surface area contributed by atoms with Crippen LogP contribution in [-0.4, -0.2) is 29.9 Å². The second-order valence-corrected chi connectivity index (χ2v) is 9.28. The van der Waals surface area contributed by atoms with Gasteiger partial charge in [-0.1, -0.05) is 89.5 Å². The van der Waals surface area contributed by atoms with Gasteiger partial charge in [-0.05, 0) is 35.6 Å². The molecule has 0 aliphatic rings.